The van der Waals surface area contributed by atoms with Crippen LogP contribution in [0, 0.1) is 11.6 Å². The van der Waals surface area contributed by atoms with Crippen LogP contribution < -0.4 is 15.6 Å². The number of amides is 1. The molecule has 246 valence electrons. The molecule has 1 aliphatic rings. The molecule has 1 fully saturated rings. The summed E-state index contributed by atoms with van der Waals surface area (Å²) in [4.78, 5) is 33.1. The lowest BCUT2D eigenvalue weighted by Crippen LogP contribution is -2.47. The molecule has 1 amide bonds. The second-order valence-corrected chi connectivity index (χ2v) is 17.4. The minimum Gasteiger partial charge on any atom is -0.409 e. The van der Waals surface area contributed by atoms with Gasteiger partial charge < -0.3 is 19.4 Å². The predicted molar refractivity (Wildman–Crippen MR) is 165 cm³/mol. The van der Waals surface area contributed by atoms with Crippen LogP contribution in [0.2, 0.25) is 18.1 Å². The van der Waals surface area contributed by atoms with Gasteiger partial charge in [-0.1, -0.05) is 27.7 Å². The first-order valence-electron chi connectivity index (χ1n) is 14.8. The van der Waals surface area contributed by atoms with Crippen LogP contribution in [-0.4, -0.2) is 67.9 Å². The average molecular weight is 655 g/mol. The van der Waals surface area contributed by atoms with Crippen molar-refractivity contribution in [1.29, 1.82) is 0 Å². The molecule has 0 radical (unpaired) electrons. The number of benzene rings is 1. The van der Waals surface area contributed by atoms with Gasteiger partial charge in [0.25, 0.3) is 5.91 Å². The maximum atomic E-state index is 15.1. The van der Waals surface area contributed by atoms with E-state index in [1.807, 2.05) is 17.1 Å². The van der Waals surface area contributed by atoms with E-state index in [1.54, 1.807) is 6.07 Å². The molecule has 1 aliphatic heterocycles. The van der Waals surface area contributed by atoms with E-state index in [0.717, 1.165) is 22.9 Å². The third-order valence-electron chi connectivity index (χ3n) is 8.53. The lowest BCUT2D eigenvalue weighted by atomic mass is 10.1. The van der Waals surface area contributed by atoms with Crippen molar-refractivity contribution in [3.8, 4) is 5.69 Å². The number of pyridine rings is 2. The summed E-state index contributed by atoms with van der Waals surface area (Å²) in [5.74, 6) is -2.77. The molecule has 0 aliphatic carbocycles. The van der Waals surface area contributed by atoms with Gasteiger partial charge in [0.15, 0.2) is 14.0 Å². The van der Waals surface area contributed by atoms with Crippen LogP contribution in [0.5, 0.6) is 0 Å². The van der Waals surface area contributed by atoms with Crippen LogP contribution >= 0.6 is 0 Å². The molecule has 2 aromatic heterocycles. The molecule has 3 atom stereocenters. The molecular weight excluding hydrogens is 615 g/mol. The van der Waals surface area contributed by atoms with Gasteiger partial charge in [-0.3, -0.25) is 14.2 Å². The highest BCUT2D eigenvalue weighted by molar-refractivity contribution is 6.74. The standard InChI is InChI=1S/C31H39F5N4O4Si/c1-8-25(31(34,35)36)37-29(42)20-15-40(22-12-10-18(32)14-21(22)33)28-19(27(20)41)11-13-26(38-28)39-16-23(43-9-2)24(17-39)44-45(6,7)30(3,4)5/h10-15,23-25H,8-9,16-17H2,1-7H3,(H,37,42)/t23-,24-,25-/m1/s1. The van der Waals surface area contributed by atoms with Gasteiger partial charge in [0.2, 0.25) is 5.43 Å². The lowest BCUT2D eigenvalue weighted by molar-refractivity contribution is -0.153. The minimum atomic E-state index is -4.75. The van der Waals surface area contributed by atoms with Crippen molar-refractivity contribution in [2.75, 3.05) is 24.6 Å². The normalized spacial score (nSPS) is 18.4. The smallest absolute Gasteiger partial charge is 0.408 e. The Labute approximate surface area is 259 Å². The SMILES string of the molecule is CCO[C@@H]1CN(c2ccc3c(=O)c(C(=O)N[C@H](CC)C(F)(F)F)cn(-c4ccc(F)cc4F)c3n2)C[C@H]1O[Si](C)(C)C(C)(C)C. The summed E-state index contributed by atoms with van der Waals surface area (Å²) in [6.45, 7) is 15.1. The maximum absolute atomic E-state index is 15.1. The Kier molecular flexibility index (Phi) is 9.81. The fourth-order valence-corrected chi connectivity index (χ4v) is 6.35. The van der Waals surface area contributed by atoms with Crippen molar-refractivity contribution in [1.82, 2.24) is 14.9 Å². The van der Waals surface area contributed by atoms with Gasteiger partial charge in [-0.05, 0) is 55.7 Å². The Hall–Kier alpha value is -3.36. The molecular formula is C31H39F5N4O4Si. The Balaban J connectivity index is 1.82. The molecule has 0 saturated carbocycles. The summed E-state index contributed by atoms with van der Waals surface area (Å²) >= 11 is 0. The van der Waals surface area contributed by atoms with E-state index in [9.17, 15) is 27.2 Å². The second kappa shape index (κ2) is 12.8. The summed E-state index contributed by atoms with van der Waals surface area (Å²) < 4.78 is 83.0. The van der Waals surface area contributed by atoms with Gasteiger partial charge in [-0.2, -0.15) is 13.2 Å². The average Bonchev–Trinajstić information content (AvgIpc) is 3.32. The molecule has 0 spiro atoms. The number of fused-ring (bicyclic) bond motifs is 1. The molecule has 0 bridgehead atoms. The third kappa shape index (κ3) is 7.22. The highest BCUT2D eigenvalue weighted by atomic mass is 28.4. The van der Waals surface area contributed by atoms with E-state index in [0.29, 0.717) is 31.6 Å². The summed E-state index contributed by atoms with van der Waals surface area (Å²) in [7, 11) is -2.18. The number of hydrogen-bond acceptors (Lipinski definition) is 6. The second-order valence-electron chi connectivity index (χ2n) is 12.7. The fourth-order valence-electron chi connectivity index (χ4n) is 5.02. The van der Waals surface area contributed by atoms with E-state index in [4.69, 9.17) is 9.16 Å². The van der Waals surface area contributed by atoms with Gasteiger partial charge in [0.1, 0.15) is 35.2 Å². The third-order valence-corrected chi connectivity index (χ3v) is 13.0. The number of carbonyl (C=O) groups is 1. The highest BCUT2D eigenvalue weighted by Crippen LogP contribution is 2.39. The zero-order valence-electron chi connectivity index (χ0n) is 26.4. The number of alkyl halides is 3. The van der Waals surface area contributed by atoms with Crippen molar-refractivity contribution in [3.63, 3.8) is 0 Å². The molecule has 4 rings (SSSR count). The van der Waals surface area contributed by atoms with E-state index in [2.05, 4.69) is 38.8 Å². The molecule has 3 heterocycles. The molecule has 1 N–H and O–H groups in total. The Morgan fingerprint density at radius 1 is 1.09 bits per heavy atom. The molecule has 8 nitrogen and oxygen atoms in total. The fraction of sp³-hybridized carbons (Fsp3) is 0.516. The number of rotatable bonds is 9. The van der Waals surface area contributed by atoms with Crippen LogP contribution in [0.1, 0.15) is 51.4 Å². The Morgan fingerprint density at radius 2 is 1.76 bits per heavy atom. The Morgan fingerprint density at radius 3 is 2.33 bits per heavy atom. The molecule has 1 aromatic carbocycles. The summed E-state index contributed by atoms with van der Waals surface area (Å²) in [5.41, 5.74) is -1.85. The van der Waals surface area contributed by atoms with Crippen molar-refractivity contribution in [2.24, 2.45) is 0 Å². The van der Waals surface area contributed by atoms with Crippen LogP contribution in [-0.2, 0) is 9.16 Å². The van der Waals surface area contributed by atoms with Crippen LogP contribution in [0.4, 0.5) is 27.8 Å². The topological polar surface area (TPSA) is 85.7 Å². The summed E-state index contributed by atoms with van der Waals surface area (Å²) in [6.07, 6.45) is -4.82. The van der Waals surface area contributed by atoms with Gasteiger partial charge in [-0.15, -0.1) is 0 Å². The predicted octanol–water partition coefficient (Wildman–Crippen LogP) is 6.35. The van der Waals surface area contributed by atoms with E-state index in [1.165, 1.54) is 13.0 Å². The minimum absolute atomic E-state index is 0.0467. The summed E-state index contributed by atoms with van der Waals surface area (Å²) in [5, 5.41) is 1.67. The van der Waals surface area contributed by atoms with Crippen molar-refractivity contribution >= 4 is 31.1 Å². The maximum Gasteiger partial charge on any atom is 0.408 e. The van der Waals surface area contributed by atoms with E-state index < -0.39 is 55.5 Å². The molecule has 1 saturated heterocycles. The highest BCUT2D eigenvalue weighted by Gasteiger charge is 2.44. The number of ether oxygens (including phenoxy) is 1. The zero-order chi connectivity index (χ0) is 33.5. The lowest BCUT2D eigenvalue weighted by Gasteiger charge is -2.39. The number of carbonyl (C=O) groups excluding carboxylic acids is 1. The Bertz CT molecular complexity index is 1620. The van der Waals surface area contributed by atoms with E-state index >= 15 is 4.39 Å². The van der Waals surface area contributed by atoms with Crippen LogP contribution in [0.3, 0.4) is 0 Å². The number of nitrogens with zero attached hydrogens (tertiary/aromatic N) is 3. The van der Waals surface area contributed by atoms with Gasteiger partial charge in [0, 0.05) is 32.0 Å². The molecule has 14 heteroatoms. The number of nitrogens with one attached hydrogen (secondary N) is 1. The quantitative estimate of drug-likeness (QED) is 0.214. The van der Waals surface area contributed by atoms with Crippen molar-refractivity contribution in [2.45, 2.75) is 83.6 Å². The molecule has 0 unspecified atom stereocenters. The van der Waals surface area contributed by atoms with Gasteiger partial charge in [0.05, 0.1) is 17.2 Å². The first-order valence-corrected chi connectivity index (χ1v) is 17.7. The van der Waals surface area contributed by atoms with Gasteiger partial charge >= 0.3 is 6.18 Å². The molecule has 45 heavy (non-hydrogen) atoms. The van der Waals surface area contributed by atoms with Crippen molar-refractivity contribution in [3.05, 3.63) is 63.9 Å². The first-order chi connectivity index (χ1) is 20.9. The number of hydrogen-bond donors (Lipinski definition) is 1. The monoisotopic (exact) mass is 654 g/mol. The largest absolute Gasteiger partial charge is 0.409 e. The first kappa shape index (κ1) is 34.5. The van der Waals surface area contributed by atoms with Crippen LogP contribution in [0.25, 0.3) is 16.7 Å². The van der Waals surface area contributed by atoms with Crippen LogP contribution in [0.15, 0.2) is 41.3 Å². The number of anilines is 1. The van der Waals surface area contributed by atoms with Gasteiger partial charge in [-0.25, -0.2) is 13.8 Å². The molecule has 3 aromatic rings. The van der Waals surface area contributed by atoms with Crippen molar-refractivity contribution < 1.29 is 35.9 Å². The van der Waals surface area contributed by atoms with E-state index in [-0.39, 0.29) is 34.0 Å². The number of halogens is 5. The summed E-state index contributed by atoms with van der Waals surface area (Å²) in [6, 6.07) is 3.45. The zero-order valence-corrected chi connectivity index (χ0v) is 27.4. The number of aromatic nitrogens is 2.